The van der Waals surface area contributed by atoms with E-state index in [1.165, 1.54) is 21.2 Å². The van der Waals surface area contributed by atoms with Gasteiger partial charge in [-0.2, -0.15) is 0 Å². The molecule has 0 saturated heterocycles. The van der Waals surface area contributed by atoms with Crippen LogP contribution in [-0.2, 0) is 0 Å². The van der Waals surface area contributed by atoms with Crippen molar-refractivity contribution in [1.82, 2.24) is 4.72 Å². The lowest BCUT2D eigenvalue weighted by atomic mass is 10.1. The number of aryl methyl sites for hydroxylation is 1. The Balaban J connectivity index is 2.68. The number of hydrogen-bond donors (Lipinski definition) is 1. The van der Waals surface area contributed by atoms with Crippen LogP contribution in [0.15, 0.2) is 41.3 Å². The second-order valence-corrected chi connectivity index (χ2v) is 4.28. The molecule has 2 aromatic rings. The third kappa shape index (κ3) is 1.63. The summed E-state index contributed by atoms with van der Waals surface area (Å²) in [4.78, 5) is 1.29. The van der Waals surface area contributed by atoms with Crippen LogP contribution in [0.25, 0.3) is 10.8 Å². The number of fused-ring (bicyclic) bond motifs is 1. The summed E-state index contributed by atoms with van der Waals surface area (Å²) in [5.41, 5.74) is 1.33. The van der Waals surface area contributed by atoms with Gasteiger partial charge in [0, 0.05) is 4.90 Å². The summed E-state index contributed by atoms with van der Waals surface area (Å²) >= 11 is 1.66. The summed E-state index contributed by atoms with van der Waals surface area (Å²) < 4.78 is 3.11. The summed E-state index contributed by atoms with van der Waals surface area (Å²) in [6, 6.07) is 12.8. The largest absolute Gasteiger partial charge is 0.263 e. The topological polar surface area (TPSA) is 12.0 Å². The Morgan fingerprint density at radius 3 is 2.50 bits per heavy atom. The van der Waals surface area contributed by atoms with Crippen molar-refractivity contribution in [1.29, 1.82) is 0 Å². The first-order valence-electron chi connectivity index (χ1n) is 4.65. The van der Waals surface area contributed by atoms with Gasteiger partial charge in [-0.3, -0.25) is 4.72 Å². The molecule has 1 nitrogen and oxygen atoms in total. The van der Waals surface area contributed by atoms with E-state index in [2.05, 4.69) is 48.0 Å². The standard InChI is InChI=1S/C12H13NS/c1-9-5-3-7-11-10(9)6-4-8-12(11)14-13-2/h3-8,13H,1-2H3. The fraction of sp³-hybridized carbons (Fsp3) is 0.167. The van der Waals surface area contributed by atoms with Gasteiger partial charge in [0.15, 0.2) is 0 Å². The Kier molecular flexibility index (Phi) is 2.75. The molecule has 2 rings (SSSR count). The SMILES string of the molecule is CNSc1cccc2c(C)cccc12. The Hall–Kier alpha value is -0.990. The zero-order chi connectivity index (χ0) is 9.97. The summed E-state index contributed by atoms with van der Waals surface area (Å²) in [7, 11) is 1.94. The van der Waals surface area contributed by atoms with Gasteiger partial charge in [0.05, 0.1) is 0 Å². The molecular formula is C12H13NS. The summed E-state index contributed by atoms with van der Waals surface area (Å²) in [5, 5.41) is 2.67. The van der Waals surface area contributed by atoms with Crippen LogP contribution in [-0.4, -0.2) is 7.05 Å². The van der Waals surface area contributed by atoms with Crippen molar-refractivity contribution in [2.24, 2.45) is 0 Å². The molecule has 0 aliphatic heterocycles. The minimum atomic E-state index is 1.29. The first-order valence-corrected chi connectivity index (χ1v) is 5.46. The fourth-order valence-corrected chi connectivity index (χ4v) is 2.29. The predicted octanol–water partition coefficient (Wildman–Crippen LogP) is 3.37. The normalized spacial score (nSPS) is 10.7. The van der Waals surface area contributed by atoms with Gasteiger partial charge in [-0.15, -0.1) is 0 Å². The van der Waals surface area contributed by atoms with E-state index in [0.29, 0.717) is 0 Å². The molecule has 0 amide bonds. The molecule has 0 saturated carbocycles. The zero-order valence-corrected chi connectivity index (χ0v) is 9.19. The second-order valence-electron chi connectivity index (χ2n) is 3.23. The van der Waals surface area contributed by atoms with Crippen LogP contribution in [0.2, 0.25) is 0 Å². The van der Waals surface area contributed by atoms with Crippen LogP contribution in [0.3, 0.4) is 0 Å². The van der Waals surface area contributed by atoms with Crippen LogP contribution in [0.1, 0.15) is 5.56 Å². The lowest BCUT2D eigenvalue weighted by molar-refractivity contribution is 1.28. The molecule has 0 unspecified atom stereocenters. The van der Waals surface area contributed by atoms with Crippen molar-refractivity contribution in [3.05, 3.63) is 42.0 Å². The summed E-state index contributed by atoms with van der Waals surface area (Å²) in [5.74, 6) is 0. The van der Waals surface area contributed by atoms with E-state index in [-0.39, 0.29) is 0 Å². The Bertz CT molecular complexity index is 451. The Morgan fingerprint density at radius 2 is 1.71 bits per heavy atom. The van der Waals surface area contributed by atoms with Gasteiger partial charge in [0.2, 0.25) is 0 Å². The van der Waals surface area contributed by atoms with E-state index < -0.39 is 0 Å². The van der Waals surface area contributed by atoms with Crippen molar-refractivity contribution in [2.75, 3.05) is 7.05 Å². The second kappa shape index (κ2) is 4.03. The number of benzene rings is 2. The maximum Gasteiger partial charge on any atom is 0.0306 e. The fourth-order valence-electron chi connectivity index (χ4n) is 1.64. The van der Waals surface area contributed by atoms with Gasteiger partial charge < -0.3 is 0 Å². The molecule has 2 aromatic carbocycles. The molecule has 0 fully saturated rings. The highest BCUT2D eigenvalue weighted by molar-refractivity contribution is 7.97. The third-order valence-electron chi connectivity index (χ3n) is 2.31. The quantitative estimate of drug-likeness (QED) is 0.751. The summed E-state index contributed by atoms with van der Waals surface area (Å²) in [6.07, 6.45) is 0. The van der Waals surface area contributed by atoms with Gasteiger partial charge in [-0.25, -0.2) is 0 Å². The minimum absolute atomic E-state index is 1.29. The van der Waals surface area contributed by atoms with Crippen LogP contribution >= 0.6 is 11.9 Å². The maximum atomic E-state index is 3.11. The molecule has 1 N–H and O–H groups in total. The van der Waals surface area contributed by atoms with E-state index in [1.807, 2.05) is 7.05 Å². The van der Waals surface area contributed by atoms with E-state index in [9.17, 15) is 0 Å². The van der Waals surface area contributed by atoms with Crippen molar-refractivity contribution < 1.29 is 0 Å². The lowest BCUT2D eigenvalue weighted by Gasteiger charge is -2.06. The van der Waals surface area contributed by atoms with Gasteiger partial charge in [0.1, 0.15) is 0 Å². The molecule has 0 atom stereocenters. The third-order valence-corrected chi connectivity index (χ3v) is 3.09. The molecule has 2 heteroatoms. The van der Waals surface area contributed by atoms with Crippen LogP contribution < -0.4 is 4.72 Å². The summed E-state index contributed by atoms with van der Waals surface area (Å²) in [6.45, 7) is 2.15. The average molecular weight is 203 g/mol. The van der Waals surface area contributed by atoms with Crippen LogP contribution in [0, 0.1) is 6.92 Å². The van der Waals surface area contributed by atoms with E-state index in [0.717, 1.165) is 0 Å². The van der Waals surface area contributed by atoms with Crippen LogP contribution in [0.4, 0.5) is 0 Å². The minimum Gasteiger partial charge on any atom is -0.263 e. The molecule has 0 spiro atoms. The molecular weight excluding hydrogens is 190 g/mol. The highest BCUT2D eigenvalue weighted by Gasteiger charge is 2.01. The highest BCUT2D eigenvalue weighted by Crippen LogP contribution is 2.27. The molecule has 0 bridgehead atoms. The Labute approximate surface area is 88.7 Å². The molecule has 0 radical (unpaired) electrons. The van der Waals surface area contributed by atoms with Crippen molar-refractivity contribution in [3.63, 3.8) is 0 Å². The van der Waals surface area contributed by atoms with Crippen molar-refractivity contribution >= 4 is 22.7 Å². The van der Waals surface area contributed by atoms with E-state index >= 15 is 0 Å². The first kappa shape index (κ1) is 9.56. The Morgan fingerprint density at radius 1 is 1.00 bits per heavy atom. The maximum absolute atomic E-state index is 3.11. The smallest absolute Gasteiger partial charge is 0.0306 e. The molecule has 72 valence electrons. The van der Waals surface area contributed by atoms with Crippen LogP contribution in [0.5, 0.6) is 0 Å². The number of nitrogens with one attached hydrogen (secondary N) is 1. The van der Waals surface area contributed by atoms with E-state index in [4.69, 9.17) is 0 Å². The van der Waals surface area contributed by atoms with Gasteiger partial charge in [0.25, 0.3) is 0 Å². The lowest BCUT2D eigenvalue weighted by Crippen LogP contribution is -1.91. The first-order chi connectivity index (χ1) is 6.83. The zero-order valence-electron chi connectivity index (χ0n) is 8.37. The average Bonchev–Trinajstić information content (AvgIpc) is 2.20. The molecule has 0 aliphatic carbocycles. The molecule has 0 aliphatic rings. The van der Waals surface area contributed by atoms with Crippen molar-refractivity contribution in [2.45, 2.75) is 11.8 Å². The molecule has 0 aromatic heterocycles. The number of hydrogen-bond acceptors (Lipinski definition) is 2. The van der Waals surface area contributed by atoms with Gasteiger partial charge in [-0.05, 0) is 48.3 Å². The molecule has 0 heterocycles. The highest BCUT2D eigenvalue weighted by atomic mass is 32.2. The number of rotatable bonds is 2. The van der Waals surface area contributed by atoms with Gasteiger partial charge >= 0.3 is 0 Å². The van der Waals surface area contributed by atoms with Gasteiger partial charge in [-0.1, -0.05) is 30.3 Å². The molecule has 14 heavy (non-hydrogen) atoms. The van der Waals surface area contributed by atoms with E-state index in [1.54, 1.807) is 11.9 Å². The van der Waals surface area contributed by atoms with Crippen molar-refractivity contribution in [3.8, 4) is 0 Å². The predicted molar refractivity (Wildman–Crippen MR) is 63.6 cm³/mol. The monoisotopic (exact) mass is 203 g/mol.